The normalized spacial score (nSPS) is 17.4. The van der Waals surface area contributed by atoms with Gasteiger partial charge in [0.2, 0.25) is 11.7 Å². The van der Waals surface area contributed by atoms with Crippen LogP contribution in [0, 0.1) is 0 Å². The molecule has 7 heteroatoms. The minimum absolute atomic E-state index is 0.274. The zero-order valence-corrected chi connectivity index (χ0v) is 14.7. The van der Waals surface area contributed by atoms with E-state index in [-0.39, 0.29) is 6.10 Å². The Morgan fingerprint density at radius 2 is 2.28 bits per heavy atom. The molecule has 0 radical (unpaired) electrons. The van der Waals surface area contributed by atoms with Gasteiger partial charge in [-0.2, -0.15) is 16.3 Å². The Kier molecular flexibility index (Phi) is 5.15. The van der Waals surface area contributed by atoms with Gasteiger partial charge in [-0.3, -0.25) is 9.88 Å². The molecule has 0 amide bonds. The molecule has 6 nitrogen and oxygen atoms in total. The van der Waals surface area contributed by atoms with Crippen LogP contribution in [-0.4, -0.2) is 39.3 Å². The summed E-state index contributed by atoms with van der Waals surface area (Å²) in [6.07, 6.45) is 6.20. The molecule has 25 heavy (non-hydrogen) atoms. The number of nitrogens with zero attached hydrogens (tertiary/aromatic N) is 4. The van der Waals surface area contributed by atoms with Crippen molar-refractivity contribution in [3.05, 3.63) is 52.8 Å². The third-order valence-corrected chi connectivity index (χ3v) is 4.90. The quantitative estimate of drug-likeness (QED) is 0.647. The summed E-state index contributed by atoms with van der Waals surface area (Å²) in [7, 11) is 0. The van der Waals surface area contributed by atoms with E-state index in [9.17, 15) is 0 Å². The average Bonchev–Trinajstić information content (AvgIpc) is 3.38. The van der Waals surface area contributed by atoms with E-state index in [0.29, 0.717) is 18.3 Å². The van der Waals surface area contributed by atoms with Crippen LogP contribution in [0.2, 0.25) is 0 Å². The van der Waals surface area contributed by atoms with Crippen molar-refractivity contribution in [2.24, 2.45) is 0 Å². The SMILES string of the molecule is c1cncc(CN(Cc2nc(-c3ccsc3)no2)CC2CCCO2)c1. The Hall–Kier alpha value is -2.09. The maximum absolute atomic E-state index is 5.80. The van der Waals surface area contributed by atoms with Gasteiger partial charge in [-0.05, 0) is 35.9 Å². The number of thiophene rings is 1. The average molecular weight is 356 g/mol. The van der Waals surface area contributed by atoms with E-state index >= 15 is 0 Å². The van der Waals surface area contributed by atoms with Crippen molar-refractivity contribution in [3.63, 3.8) is 0 Å². The summed E-state index contributed by atoms with van der Waals surface area (Å²) in [5, 5.41) is 8.13. The number of hydrogen-bond donors (Lipinski definition) is 0. The molecule has 1 unspecified atom stereocenters. The molecule has 0 aromatic carbocycles. The van der Waals surface area contributed by atoms with Gasteiger partial charge >= 0.3 is 0 Å². The summed E-state index contributed by atoms with van der Waals surface area (Å²) >= 11 is 1.63. The summed E-state index contributed by atoms with van der Waals surface area (Å²) in [6.45, 7) is 3.09. The van der Waals surface area contributed by atoms with Gasteiger partial charge in [-0.15, -0.1) is 0 Å². The summed E-state index contributed by atoms with van der Waals surface area (Å²) in [6, 6.07) is 6.04. The van der Waals surface area contributed by atoms with Crippen LogP contribution in [-0.2, 0) is 17.8 Å². The van der Waals surface area contributed by atoms with Gasteiger partial charge in [0, 0.05) is 43.0 Å². The molecule has 1 atom stereocenters. The van der Waals surface area contributed by atoms with Crippen molar-refractivity contribution < 1.29 is 9.26 Å². The van der Waals surface area contributed by atoms with Gasteiger partial charge in [-0.1, -0.05) is 11.2 Å². The highest BCUT2D eigenvalue weighted by atomic mass is 32.1. The zero-order valence-electron chi connectivity index (χ0n) is 13.9. The van der Waals surface area contributed by atoms with Gasteiger partial charge in [0.1, 0.15) is 0 Å². The smallest absolute Gasteiger partial charge is 0.241 e. The lowest BCUT2D eigenvalue weighted by Crippen LogP contribution is -2.31. The van der Waals surface area contributed by atoms with Crippen molar-refractivity contribution in [1.29, 1.82) is 0 Å². The Morgan fingerprint density at radius 1 is 1.28 bits per heavy atom. The fourth-order valence-electron chi connectivity index (χ4n) is 3.03. The fourth-order valence-corrected chi connectivity index (χ4v) is 3.66. The lowest BCUT2D eigenvalue weighted by atomic mass is 10.2. The van der Waals surface area contributed by atoms with E-state index in [1.165, 1.54) is 0 Å². The van der Waals surface area contributed by atoms with Crippen LogP contribution in [0.3, 0.4) is 0 Å². The van der Waals surface area contributed by atoms with Crippen molar-refractivity contribution in [2.45, 2.75) is 32.0 Å². The zero-order chi connectivity index (χ0) is 16.9. The predicted molar refractivity (Wildman–Crippen MR) is 94.9 cm³/mol. The molecule has 0 spiro atoms. The van der Waals surface area contributed by atoms with E-state index in [2.05, 4.69) is 26.1 Å². The first-order valence-electron chi connectivity index (χ1n) is 8.45. The van der Waals surface area contributed by atoms with Crippen molar-refractivity contribution in [1.82, 2.24) is 20.0 Å². The third-order valence-electron chi connectivity index (χ3n) is 4.22. The predicted octanol–water partition coefficient (Wildman–Crippen LogP) is 3.37. The summed E-state index contributed by atoms with van der Waals surface area (Å²) in [5.74, 6) is 1.28. The van der Waals surface area contributed by atoms with Crippen LogP contribution in [0.15, 0.2) is 45.9 Å². The number of pyridine rings is 1. The summed E-state index contributed by atoms with van der Waals surface area (Å²) in [4.78, 5) is 11.0. The van der Waals surface area contributed by atoms with Gasteiger partial charge in [0.25, 0.3) is 0 Å². The van der Waals surface area contributed by atoms with Crippen molar-refractivity contribution in [2.75, 3.05) is 13.2 Å². The second-order valence-electron chi connectivity index (χ2n) is 6.19. The van der Waals surface area contributed by atoms with E-state index in [1.807, 2.05) is 29.1 Å². The Labute approximate surface area is 150 Å². The van der Waals surface area contributed by atoms with Gasteiger partial charge < -0.3 is 9.26 Å². The largest absolute Gasteiger partial charge is 0.377 e. The van der Waals surface area contributed by atoms with Crippen LogP contribution in [0.1, 0.15) is 24.3 Å². The van der Waals surface area contributed by atoms with E-state index in [0.717, 1.165) is 43.7 Å². The van der Waals surface area contributed by atoms with Crippen LogP contribution >= 0.6 is 11.3 Å². The van der Waals surface area contributed by atoms with Gasteiger partial charge in [0.15, 0.2) is 0 Å². The Morgan fingerprint density at radius 3 is 3.04 bits per heavy atom. The first-order valence-corrected chi connectivity index (χ1v) is 9.39. The fraction of sp³-hybridized carbons (Fsp3) is 0.389. The van der Waals surface area contributed by atoms with Crippen LogP contribution < -0.4 is 0 Å². The Balaban J connectivity index is 1.47. The molecule has 0 saturated carbocycles. The van der Waals surface area contributed by atoms with Crippen LogP contribution in [0.5, 0.6) is 0 Å². The highest BCUT2D eigenvalue weighted by molar-refractivity contribution is 7.08. The second-order valence-corrected chi connectivity index (χ2v) is 6.97. The molecular formula is C18H20N4O2S. The number of rotatable bonds is 7. The molecule has 1 aliphatic rings. The minimum atomic E-state index is 0.274. The summed E-state index contributed by atoms with van der Waals surface area (Å²) in [5.41, 5.74) is 2.16. The van der Waals surface area contributed by atoms with Gasteiger partial charge in [0.05, 0.1) is 12.6 Å². The maximum atomic E-state index is 5.80. The van der Waals surface area contributed by atoms with E-state index < -0.39 is 0 Å². The monoisotopic (exact) mass is 356 g/mol. The highest BCUT2D eigenvalue weighted by Crippen LogP contribution is 2.20. The lowest BCUT2D eigenvalue weighted by molar-refractivity contribution is 0.0640. The molecular weight excluding hydrogens is 336 g/mol. The highest BCUT2D eigenvalue weighted by Gasteiger charge is 2.21. The molecule has 1 fully saturated rings. The number of hydrogen-bond acceptors (Lipinski definition) is 7. The van der Waals surface area contributed by atoms with Crippen LogP contribution in [0.4, 0.5) is 0 Å². The molecule has 1 aliphatic heterocycles. The Bertz CT molecular complexity index is 769. The molecule has 130 valence electrons. The molecule has 0 aliphatic carbocycles. The topological polar surface area (TPSA) is 64.3 Å². The lowest BCUT2D eigenvalue weighted by Gasteiger charge is -2.23. The maximum Gasteiger partial charge on any atom is 0.241 e. The number of aromatic nitrogens is 3. The first-order chi connectivity index (χ1) is 12.4. The first kappa shape index (κ1) is 16.4. The summed E-state index contributed by atoms with van der Waals surface area (Å²) < 4.78 is 11.3. The molecule has 0 bridgehead atoms. The van der Waals surface area contributed by atoms with E-state index in [4.69, 9.17) is 9.26 Å². The third kappa shape index (κ3) is 4.31. The minimum Gasteiger partial charge on any atom is -0.377 e. The van der Waals surface area contributed by atoms with Crippen molar-refractivity contribution in [3.8, 4) is 11.4 Å². The van der Waals surface area contributed by atoms with E-state index in [1.54, 1.807) is 17.5 Å². The molecule has 0 N–H and O–H groups in total. The number of ether oxygens (including phenoxy) is 1. The van der Waals surface area contributed by atoms with Crippen LogP contribution in [0.25, 0.3) is 11.4 Å². The van der Waals surface area contributed by atoms with Gasteiger partial charge in [-0.25, -0.2) is 0 Å². The molecule has 4 heterocycles. The standard InChI is InChI=1S/C18H20N4O2S/c1-3-14(9-19-6-1)10-22(11-16-4-2-7-23-16)12-17-20-18(21-24-17)15-5-8-25-13-15/h1,3,5-6,8-9,13,16H,2,4,7,10-12H2. The van der Waals surface area contributed by atoms with Crippen molar-refractivity contribution >= 4 is 11.3 Å². The second kappa shape index (κ2) is 7.86. The molecule has 3 aromatic rings. The molecule has 3 aromatic heterocycles. The molecule has 1 saturated heterocycles. The molecule has 4 rings (SSSR count).